The summed E-state index contributed by atoms with van der Waals surface area (Å²) in [7, 11) is 0. The van der Waals surface area contributed by atoms with E-state index in [4.69, 9.17) is 4.74 Å². The number of rotatable bonds is 1. The van der Waals surface area contributed by atoms with Gasteiger partial charge in [-0.05, 0) is 24.6 Å². The Hall–Kier alpha value is -0.380. The number of hydrogen-bond acceptors (Lipinski definition) is 2. The van der Waals surface area contributed by atoms with Crippen molar-refractivity contribution in [3.05, 3.63) is 34.3 Å². The highest BCUT2D eigenvalue weighted by Crippen LogP contribution is 2.29. The molecule has 1 saturated heterocycles. The van der Waals surface area contributed by atoms with Crippen molar-refractivity contribution in [3.8, 4) is 0 Å². The summed E-state index contributed by atoms with van der Waals surface area (Å²) in [6.45, 7) is 8.45. The Labute approximate surface area is 112 Å². The van der Waals surface area contributed by atoms with E-state index < -0.39 is 0 Å². The van der Waals surface area contributed by atoms with Crippen LogP contribution in [0.25, 0.3) is 0 Å². The maximum atomic E-state index is 6.08. The van der Waals surface area contributed by atoms with Gasteiger partial charge >= 0.3 is 0 Å². The fourth-order valence-electron chi connectivity index (χ4n) is 2.09. The van der Waals surface area contributed by atoms with Crippen LogP contribution in [0.3, 0.4) is 0 Å². The Morgan fingerprint density at radius 1 is 1.29 bits per heavy atom. The average molecular weight is 298 g/mol. The molecule has 0 amide bonds. The van der Waals surface area contributed by atoms with E-state index in [1.54, 1.807) is 0 Å². The summed E-state index contributed by atoms with van der Waals surface area (Å²) >= 11 is 3.46. The van der Waals surface area contributed by atoms with Gasteiger partial charge in [-0.25, -0.2) is 0 Å². The molecule has 1 aliphatic heterocycles. The molecule has 17 heavy (non-hydrogen) atoms. The van der Waals surface area contributed by atoms with Gasteiger partial charge < -0.3 is 10.1 Å². The molecule has 0 bridgehead atoms. The summed E-state index contributed by atoms with van der Waals surface area (Å²) in [4.78, 5) is 0. The number of halogens is 1. The minimum Gasteiger partial charge on any atom is -0.371 e. The Balaban J connectivity index is 2.17. The van der Waals surface area contributed by atoms with E-state index in [9.17, 15) is 0 Å². The van der Waals surface area contributed by atoms with Gasteiger partial charge in [0.1, 0.15) is 0 Å². The lowest BCUT2D eigenvalue weighted by atomic mass is 9.95. The summed E-state index contributed by atoms with van der Waals surface area (Å²) in [6, 6.07) is 8.75. The highest BCUT2D eigenvalue weighted by Gasteiger charge is 2.29. The Bertz CT molecular complexity index is 374. The van der Waals surface area contributed by atoms with Gasteiger partial charge in [0.25, 0.3) is 0 Å². The zero-order chi connectivity index (χ0) is 12.5. The van der Waals surface area contributed by atoms with Crippen molar-refractivity contribution in [2.75, 3.05) is 13.2 Å². The molecule has 1 aromatic rings. The molecule has 2 unspecified atom stereocenters. The molecule has 2 nitrogen and oxygen atoms in total. The molecule has 94 valence electrons. The molecule has 0 aromatic heterocycles. The number of hydrogen-bond donors (Lipinski definition) is 1. The van der Waals surface area contributed by atoms with Crippen LogP contribution in [-0.2, 0) is 4.74 Å². The van der Waals surface area contributed by atoms with Crippen LogP contribution in [0.1, 0.15) is 32.4 Å². The standard InChI is InChI=1S/C14H20BrNO/c1-10-13(11-4-6-12(15)7-5-11)17-9-14(2,3)8-16-10/h4-7,10,13,16H,8-9H2,1-3H3. The van der Waals surface area contributed by atoms with E-state index in [1.165, 1.54) is 5.56 Å². The molecule has 2 rings (SSSR count). The highest BCUT2D eigenvalue weighted by molar-refractivity contribution is 9.10. The fourth-order valence-corrected chi connectivity index (χ4v) is 2.36. The second-order valence-corrected chi connectivity index (χ2v) is 6.53. The van der Waals surface area contributed by atoms with E-state index >= 15 is 0 Å². The van der Waals surface area contributed by atoms with Crippen LogP contribution in [0.5, 0.6) is 0 Å². The summed E-state index contributed by atoms with van der Waals surface area (Å²) in [5.41, 5.74) is 1.45. The largest absolute Gasteiger partial charge is 0.371 e. The summed E-state index contributed by atoms with van der Waals surface area (Å²) in [5.74, 6) is 0. The Morgan fingerprint density at radius 2 is 1.94 bits per heavy atom. The highest BCUT2D eigenvalue weighted by atomic mass is 79.9. The maximum absolute atomic E-state index is 6.08. The van der Waals surface area contributed by atoms with Gasteiger partial charge in [-0.15, -0.1) is 0 Å². The second kappa shape index (κ2) is 5.09. The molecule has 1 N–H and O–H groups in total. The summed E-state index contributed by atoms with van der Waals surface area (Å²) in [5, 5.41) is 3.56. The smallest absolute Gasteiger partial charge is 0.0975 e. The van der Waals surface area contributed by atoms with Crippen molar-refractivity contribution < 1.29 is 4.74 Å². The average Bonchev–Trinajstić information content (AvgIpc) is 2.41. The monoisotopic (exact) mass is 297 g/mol. The van der Waals surface area contributed by atoms with Crippen LogP contribution < -0.4 is 5.32 Å². The third-order valence-electron chi connectivity index (χ3n) is 3.21. The normalized spacial score (nSPS) is 28.7. The molecule has 0 radical (unpaired) electrons. The maximum Gasteiger partial charge on any atom is 0.0975 e. The quantitative estimate of drug-likeness (QED) is 0.856. The number of ether oxygens (including phenoxy) is 1. The third-order valence-corrected chi connectivity index (χ3v) is 3.74. The van der Waals surface area contributed by atoms with Crippen molar-refractivity contribution in [2.45, 2.75) is 32.9 Å². The Morgan fingerprint density at radius 3 is 2.59 bits per heavy atom. The summed E-state index contributed by atoms with van der Waals surface area (Å²) < 4.78 is 7.19. The Kier molecular flexibility index (Phi) is 3.91. The van der Waals surface area contributed by atoms with Crippen LogP contribution >= 0.6 is 15.9 Å². The minimum atomic E-state index is 0.143. The van der Waals surface area contributed by atoms with Crippen molar-refractivity contribution in [1.29, 1.82) is 0 Å². The first kappa shape index (κ1) is 13.1. The second-order valence-electron chi connectivity index (χ2n) is 5.62. The zero-order valence-corrected chi connectivity index (χ0v) is 12.3. The van der Waals surface area contributed by atoms with Gasteiger partial charge in [-0.2, -0.15) is 0 Å². The van der Waals surface area contributed by atoms with E-state index in [2.05, 4.69) is 66.3 Å². The molecule has 1 heterocycles. The lowest BCUT2D eigenvalue weighted by molar-refractivity contribution is 0.0126. The van der Waals surface area contributed by atoms with Crippen molar-refractivity contribution >= 4 is 15.9 Å². The van der Waals surface area contributed by atoms with Crippen molar-refractivity contribution in [1.82, 2.24) is 5.32 Å². The van der Waals surface area contributed by atoms with E-state index in [0.717, 1.165) is 17.6 Å². The van der Waals surface area contributed by atoms with Gasteiger partial charge in [-0.3, -0.25) is 0 Å². The van der Waals surface area contributed by atoms with Gasteiger partial charge in [0, 0.05) is 22.5 Å². The molecule has 0 spiro atoms. The number of nitrogens with one attached hydrogen (secondary N) is 1. The molecule has 1 aliphatic rings. The van der Waals surface area contributed by atoms with Gasteiger partial charge in [0.2, 0.25) is 0 Å². The van der Waals surface area contributed by atoms with E-state index in [-0.39, 0.29) is 11.5 Å². The lowest BCUT2D eigenvalue weighted by Crippen LogP contribution is -2.35. The first-order valence-corrected chi connectivity index (χ1v) is 6.88. The zero-order valence-electron chi connectivity index (χ0n) is 10.7. The molecule has 1 aromatic carbocycles. The van der Waals surface area contributed by atoms with Gasteiger partial charge in [-0.1, -0.05) is 41.9 Å². The first-order valence-electron chi connectivity index (χ1n) is 6.08. The minimum absolute atomic E-state index is 0.143. The molecular weight excluding hydrogens is 278 g/mol. The van der Waals surface area contributed by atoms with Crippen LogP contribution in [0.15, 0.2) is 28.7 Å². The van der Waals surface area contributed by atoms with Crippen LogP contribution in [0.2, 0.25) is 0 Å². The fraction of sp³-hybridized carbons (Fsp3) is 0.571. The van der Waals surface area contributed by atoms with Gasteiger partial charge in [0.15, 0.2) is 0 Å². The van der Waals surface area contributed by atoms with E-state index in [1.807, 2.05) is 0 Å². The van der Waals surface area contributed by atoms with Crippen LogP contribution in [-0.4, -0.2) is 19.2 Å². The van der Waals surface area contributed by atoms with Crippen LogP contribution in [0.4, 0.5) is 0 Å². The van der Waals surface area contributed by atoms with Crippen LogP contribution in [0, 0.1) is 5.41 Å². The molecule has 2 atom stereocenters. The number of benzene rings is 1. The third kappa shape index (κ3) is 3.30. The predicted molar refractivity (Wildman–Crippen MR) is 74.1 cm³/mol. The summed E-state index contributed by atoms with van der Waals surface area (Å²) in [6.07, 6.45) is 0.143. The molecule has 0 aliphatic carbocycles. The van der Waals surface area contributed by atoms with Gasteiger partial charge in [0.05, 0.1) is 12.7 Å². The molecule has 1 fully saturated rings. The van der Waals surface area contributed by atoms with Crippen molar-refractivity contribution in [3.63, 3.8) is 0 Å². The first-order chi connectivity index (χ1) is 7.98. The lowest BCUT2D eigenvalue weighted by Gasteiger charge is -2.22. The SMILES string of the molecule is CC1NCC(C)(C)COC1c1ccc(Br)cc1. The van der Waals surface area contributed by atoms with E-state index in [0.29, 0.717) is 6.04 Å². The molecule has 0 saturated carbocycles. The predicted octanol–water partition coefficient (Wildman–Crippen LogP) is 3.52. The molecular formula is C14H20BrNO. The molecule has 3 heteroatoms. The van der Waals surface area contributed by atoms with Crippen molar-refractivity contribution in [2.24, 2.45) is 5.41 Å². The topological polar surface area (TPSA) is 21.3 Å².